The lowest BCUT2D eigenvalue weighted by Crippen LogP contribution is -2.42. The summed E-state index contributed by atoms with van der Waals surface area (Å²) < 4.78 is 6.94. The zero-order valence-electron chi connectivity index (χ0n) is 17.1. The Morgan fingerprint density at radius 2 is 2.00 bits per heavy atom. The number of hydrogen-bond donors (Lipinski definition) is 0. The second-order valence-corrected chi connectivity index (χ2v) is 7.83. The van der Waals surface area contributed by atoms with E-state index < -0.39 is 23.2 Å². The number of hydrogen-bond acceptors (Lipinski definition) is 6. The number of carbonyl (C=O) groups excluding carboxylic acids is 3. The van der Waals surface area contributed by atoms with E-state index in [0.717, 1.165) is 45.0 Å². The molecule has 0 N–H and O–H groups in total. The van der Waals surface area contributed by atoms with Gasteiger partial charge < -0.3 is 9.30 Å². The highest BCUT2D eigenvalue weighted by Crippen LogP contribution is 2.35. The van der Waals surface area contributed by atoms with Crippen LogP contribution in [0, 0.1) is 20.8 Å². The third kappa shape index (κ3) is 3.98. The summed E-state index contributed by atoms with van der Waals surface area (Å²) in [5.41, 5.74) is 3.79. The quantitative estimate of drug-likeness (QED) is 0.548. The maximum Gasteiger partial charge on any atom is 0.329 e. The molecule has 1 fully saturated rings. The van der Waals surface area contributed by atoms with Crippen LogP contribution >= 0.6 is 11.8 Å². The zero-order chi connectivity index (χ0) is 21.3. The minimum absolute atomic E-state index is 0.189. The number of aromatic nitrogens is 2. The minimum Gasteiger partial charge on any atom is -0.464 e. The predicted molar refractivity (Wildman–Crippen MR) is 112 cm³/mol. The van der Waals surface area contributed by atoms with Crippen LogP contribution in [0.4, 0.5) is 4.79 Å². The van der Waals surface area contributed by atoms with Crippen molar-refractivity contribution in [3.63, 3.8) is 0 Å². The van der Waals surface area contributed by atoms with Gasteiger partial charge in [-0.3, -0.25) is 14.5 Å². The molecule has 152 valence electrons. The Morgan fingerprint density at radius 3 is 2.66 bits per heavy atom. The Hall–Kier alpha value is -2.87. The molecule has 1 saturated heterocycles. The number of carbonyl (C=O) groups is 3. The van der Waals surface area contributed by atoms with Crippen LogP contribution in [-0.4, -0.2) is 44.2 Å². The molecule has 1 aliphatic rings. The van der Waals surface area contributed by atoms with E-state index in [0.29, 0.717) is 0 Å². The minimum atomic E-state index is -0.961. The number of pyridine rings is 1. The summed E-state index contributed by atoms with van der Waals surface area (Å²) in [6.07, 6.45) is 3.45. The SMILES string of the molecule is CCOC(=O)C(C)N1C(=O)S/C(=C/c2cc(C)n(-c3cc(C)ccn3)c2C)C1=O. The molecule has 2 aromatic rings. The van der Waals surface area contributed by atoms with Gasteiger partial charge >= 0.3 is 5.97 Å². The van der Waals surface area contributed by atoms with Crippen LogP contribution < -0.4 is 0 Å². The van der Waals surface area contributed by atoms with E-state index in [1.807, 2.05) is 43.5 Å². The second-order valence-electron chi connectivity index (χ2n) is 6.83. The van der Waals surface area contributed by atoms with Gasteiger partial charge in [0.1, 0.15) is 11.9 Å². The van der Waals surface area contributed by atoms with Gasteiger partial charge in [0, 0.05) is 17.6 Å². The lowest BCUT2D eigenvalue weighted by Gasteiger charge is -2.19. The molecule has 3 heterocycles. The first kappa shape index (κ1) is 20.9. The van der Waals surface area contributed by atoms with Crippen molar-refractivity contribution in [3.05, 3.63) is 51.8 Å². The van der Waals surface area contributed by atoms with Crippen molar-refractivity contribution in [1.82, 2.24) is 14.5 Å². The van der Waals surface area contributed by atoms with Crippen LogP contribution in [0.25, 0.3) is 11.9 Å². The number of aryl methyl sites for hydroxylation is 2. The third-order valence-electron chi connectivity index (χ3n) is 4.73. The zero-order valence-corrected chi connectivity index (χ0v) is 17.9. The van der Waals surface area contributed by atoms with Crippen molar-refractivity contribution >= 4 is 35.0 Å². The molecule has 1 unspecified atom stereocenters. The van der Waals surface area contributed by atoms with E-state index in [2.05, 4.69) is 4.98 Å². The third-order valence-corrected chi connectivity index (χ3v) is 5.61. The molecule has 3 rings (SSSR count). The van der Waals surface area contributed by atoms with E-state index in [1.165, 1.54) is 6.92 Å². The number of amides is 2. The number of thioether (sulfide) groups is 1. The normalized spacial score (nSPS) is 16.6. The number of esters is 1. The topological polar surface area (TPSA) is 81.5 Å². The highest BCUT2D eigenvalue weighted by Gasteiger charge is 2.41. The molecule has 0 saturated carbocycles. The van der Waals surface area contributed by atoms with Crippen LogP contribution in [0.5, 0.6) is 0 Å². The van der Waals surface area contributed by atoms with Crippen LogP contribution in [0.15, 0.2) is 29.3 Å². The number of imide groups is 1. The molecule has 7 nitrogen and oxygen atoms in total. The molecule has 1 aliphatic heterocycles. The average molecular weight is 413 g/mol. The van der Waals surface area contributed by atoms with Gasteiger partial charge in [0.15, 0.2) is 0 Å². The van der Waals surface area contributed by atoms with Gasteiger partial charge in [-0.15, -0.1) is 0 Å². The van der Waals surface area contributed by atoms with E-state index in [-0.39, 0.29) is 11.5 Å². The maximum absolute atomic E-state index is 12.8. The van der Waals surface area contributed by atoms with Gasteiger partial charge in [0.25, 0.3) is 11.1 Å². The molecule has 8 heteroatoms. The summed E-state index contributed by atoms with van der Waals surface area (Å²) in [5, 5.41) is -0.476. The molecule has 1 atom stereocenters. The standard InChI is InChI=1S/C21H23N3O4S/c1-6-28-20(26)15(5)24-19(25)17(29-21(24)27)11-16-10-13(3)23(14(16)4)18-9-12(2)7-8-22-18/h7-11,15H,6H2,1-5H3/b17-11+. The Morgan fingerprint density at radius 1 is 1.28 bits per heavy atom. The molecule has 29 heavy (non-hydrogen) atoms. The van der Waals surface area contributed by atoms with Crippen molar-refractivity contribution in [1.29, 1.82) is 0 Å². The fourth-order valence-electron chi connectivity index (χ4n) is 3.25. The lowest BCUT2D eigenvalue weighted by molar-refractivity contribution is -0.150. The summed E-state index contributed by atoms with van der Waals surface area (Å²) in [6, 6.07) is 4.90. The van der Waals surface area contributed by atoms with Gasteiger partial charge in [0.2, 0.25) is 0 Å². The van der Waals surface area contributed by atoms with Gasteiger partial charge in [-0.1, -0.05) is 0 Å². The Kier molecular flexibility index (Phi) is 5.93. The molecule has 0 radical (unpaired) electrons. The van der Waals surface area contributed by atoms with Gasteiger partial charge in [0.05, 0.1) is 11.5 Å². The lowest BCUT2D eigenvalue weighted by atomic mass is 10.2. The smallest absolute Gasteiger partial charge is 0.329 e. The maximum atomic E-state index is 12.8. The van der Waals surface area contributed by atoms with Crippen LogP contribution in [0.1, 0.15) is 36.4 Å². The highest BCUT2D eigenvalue weighted by molar-refractivity contribution is 8.18. The van der Waals surface area contributed by atoms with Gasteiger partial charge in [-0.2, -0.15) is 0 Å². The molecule has 0 bridgehead atoms. The van der Waals surface area contributed by atoms with Gasteiger partial charge in [-0.25, -0.2) is 9.78 Å². The Bertz CT molecular complexity index is 1020. The summed E-state index contributed by atoms with van der Waals surface area (Å²) in [5.74, 6) is -0.289. The molecular formula is C21H23N3O4S. The summed E-state index contributed by atoms with van der Waals surface area (Å²) in [6.45, 7) is 9.26. The van der Waals surface area contributed by atoms with Crippen LogP contribution in [0.2, 0.25) is 0 Å². The first-order valence-corrected chi connectivity index (χ1v) is 10.1. The van der Waals surface area contributed by atoms with Crippen LogP contribution in [0.3, 0.4) is 0 Å². The fraction of sp³-hybridized carbons (Fsp3) is 0.333. The van der Waals surface area contributed by atoms with Crippen molar-refractivity contribution in [2.24, 2.45) is 0 Å². The molecular weight excluding hydrogens is 390 g/mol. The monoisotopic (exact) mass is 413 g/mol. The predicted octanol–water partition coefficient (Wildman–Crippen LogP) is 3.79. The molecule has 2 amide bonds. The second kappa shape index (κ2) is 8.24. The van der Waals surface area contributed by atoms with E-state index in [1.54, 1.807) is 19.2 Å². The van der Waals surface area contributed by atoms with Crippen molar-refractivity contribution in [2.75, 3.05) is 6.61 Å². The average Bonchev–Trinajstić information content (AvgIpc) is 3.09. The molecule has 0 aliphatic carbocycles. The van der Waals surface area contributed by atoms with E-state index in [9.17, 15) is 14.4 Å². The molecule has 2 aromatic heterocycles. The molecule has 0 aromatic carbocycles. The summed E-state index contributed by atoms with van der Waals surface area (Å²) in [7, 11) is 0. The van der Waals surface area contributed by atoms with E-state index in [4.69, 9.17) is 4.74 Å². The largest absolute Gasteiger partial charge is 0.464 e. The van der Waals surface area contributed by atoms with Crippen LogP contribution in [-0.2, 0) is 14.3 Å². The summed E-state index contributed by atoms with van der Waals surface area (Å²) >= 11 is 0.828. The number of nitrogens with zero attached hydrogens (tertiary/aromatic N) is 3. The first-order chi connectivity index (χ1) is 13.7. The summed E-state index contributed by atoms with van der Waals surface area (Å²) in [4.78, 5) is 42.8. The molecule has 0 spiro atoms. The number of ether oxygens (including phenoxy) is 1. The van der Waals surface area contributed by atoms with Crippen molar-refractivity contribution in [2.45, 2.75) is 40.7 Å². The number of rotatable bonds is 5. The van der Waals surface area contributed by atoms with Crippen molar-refractivity contribution < 1.29 is 19.1 Å². The Balaban J connectivity index is 1.93. The highest BCUT2D eigenvalue weighted by atomic mass is 32.2. The van der Waals surface area contributed by atoms with Crippen molar-refractivity contribution in [3.8, 4) is 5.82 Å². The fourth-order valence-corrected chi connectivity index (χ4v) is 4.15. The van der Waals surface area contributed by atoms with Gasteiger partial charge in [-0.05, 0) is 81.8 Å². The Labute approximate surface area is 173 Å². The van der Waals surface area contributed by atoms with E-state index >= 15 is 0 Å². The first-order valence-electron chi connectivity index (χ1n) is 9.30.